The highest BCUT2D eigenvalue weighted by Gasteiger charge is 2.47. The second-order valence-corrected chi connectivity index (χ2v) is 8.95. The van der Waals surface area contributed by atoms with E-state index in [1.54, 1.807) is 18.2 Å². The van der Waals surface area contributed by atoms with Gasteiger partial charge in [-0.2, -0.15) is 0 Å². The van der Waals surface area contributed by atoms with Gasteiger partial charge in [-0.3, -0.25) is 9.59 Å². The number of carbonyl (C=O) groups is 3. The van der Waals surface area contributed by atoms with Crippen molar-refractivity contribution in [3.05, 3.63) is 52.3 Å². The van der Waals surface area contributed by atoms with E-state index in [0.717, 1.165) is 5.70 Å². The molecule has 1 heterocycles. The van der Waals surface area contributed by atoms with Gasteiger partial charge in [0.25, 0.3) is 0 Å². The van der Waals surface area contributed by atoms with Gasteiger partial charge in [0.05, 0.1) is 14.2 Å². The molecule has 0 spiro atoms. The molecular weight excluding hydrogens is 422 g/mol. The summed E-state index contributed by atoms with van der Waals surface area (Å²) in [6, 6.07) is 4.87. The number of rotatable bonds is 5. The summed E-state index contributed by atoms with van der Waals surface area (Å²) in [6.45, 7) is 7.75. The van der Waals surface area contributed by atoms with Crippen LogP contribution in [0.1, 0.15) is 38.2 Å². The molecule has 0 bridgehead atoms. The normalized spacial score (nSPS) is 22.4. The number of Topliss-reactive ketones (excluding diaryl/α,β-unsaturated/α-hetero) is 1. The van der Waals surface area contributed by atoms with Crippen molar-refractivity contribution in [3.8, 4) is 5.75 Å². The number of ether oxygens (including phenoxy) is 3. The molecule has 1 aliphatic carbocycles. The predicted octanol–water partition coefficient (Wildman–Crippen LogP) is 3.52. The molecule has 0 radical (unpaired) electrons. The van der Waals surface area contributed by atoms with Crippen LogP contribution in [-0.4, -0.2) is 38.5 Å². The van der Waals surface area contributed by atoms with Gasteiger partial charge in [0, 0.05) is 39.9 Å². The van der Waals surface area contributed by atoms with Crippen LogP contribution in [0, 0.1) is 11.3 Å². The van der Waals surface area contributed by atoms with Gasteiger partial charge in [-0.1, -0.05) is 32.0 Å². The van der Waals surface area contributed by atoms with E-state index in [9.17, 15) is 14.4 Å². The minimum Gasteiger partial charge on any atom is -0.482 e. The van der Waals surface area contributed by atoms with E-state index in [1.807, 2.05) is 13.8 Å². The quantitative estimate of drug-likeness (QED) is 0.690. The average molecular weight is 448 g/mol. The number of ketones is 1. The Morgan fingerprint density at radius 1 is 1.23 bits per heavy atom. The molecule has 1 aromatic carbocycles. The number of hydrogen-bond donors (Lipinski definition) is 1. The molecule has 1 aliphatic heterocycles. The molecule has 0 fully saturated rings. The van der Waals surface area contributed by atoms with Gasteiger partial charge in [-0.15, -0.1) is 0 Å². The number of halogens is 1. The van der Waals surface area contributed by atoms with Crippen molar-refractivity contribution in [3.63, 3.8) is 0 Å². The Morgan fingerprint density at radius 3 is 2.58 bits per heavy atom. The number of esters is 2. The zero-order valence-corrected chi connectivity index (χ0v) is 18.8. The van der Waals surface area contributed by atoms with Crippen LogP contribution >= 0.6 is 11.6 Å². The molecule has 31 heavy (non-hydrogen) atoms. The Bertz CT molecular complexity index is 980. The minimum absolute atomic E-state index is 0.0657. The Kier molecular flexibility index (Phi) is 6.46. The predicted molar refractivity (Wildman–Crippen MR) is 115 cm³/mol. The number of benzene rings is 1. The molecule has 7 nitrogen and oxygen atoms in total. The molecule has 2 aliphatic rings. The Hall–Kier alpha value is -2.80. The number of nitrogens with one attached hydrogen (secondary N) is 1. The van der Waals surface area contributed by atoms with Crippen molar-refractivity contribution in [2.45, 2.75) is 32.6 Å². The van der Waals surface area contributed by atoms with E-state index in [2.05, 4.69) is 16.6 Å². The summed E-state index contributed by atoms with van der Waals surface area (Å²) < 4.78 is 15.4. The lowest BCUT2D eigenvalue weighted by Gasteiger charge is -2.42. The molecule has 8 heteroatoms. The van der Waals surface area contributed by atoms with E-state index in [1.165, 1.54) is 14.2 Å². The molecule has 0 amide bonds. The smallest absolute Gasteiger partial charge is 0.343 e. The van der Waals surface area contributed by atoms with Gasteiger partial charge in [-0.25, -0.2) is 4.79 Å². The number of methoxy groups -OCH3 is 2. The van der Waals surface area contributed by atoms with Crippen LogP contribution in [0.25, 0.3) is 0 Å². The van der Waals surface area contributed by atoms with Crippen molar-refractivity contribution >= 4 is 29.3 Å². The van der Waals surface area contributed by atoms with E-state index < -0.39 is 23.8 Å². The topological polar surface area (TPSA) is 90.9 Å². The third-order valence-corrected chi connectivity index (χ3v) is 5.82. The first-order chi connectivity index (χ1) is 14.6. The van der Waals surface area contributed by atoms with Crippen molar-refractivity contribution in [1.82, 2.24) is 5.32 Å². The van der Waals surface area contributed by atoms with E-state index in [4.69, 9.17) is 21.1 Å². The number of carbonyl (C=O) groups excluding carboxylic acids is 3. The van der Waals surface area contributed by atoms with Crippen molar-refractivity contribution in [1.29, 1.82) is 0 Å². The molecule has 1 N–H and O–H groups in total. The Balaban J connectivity index is 2.19. The van der Waals surface area contributed by atoms with Crippen LogP contribution in [0.5, 0.6) is 5.75 Å². The van der Waals surface area contributed by atoms with Crippen LogP contribution in [0.4, 0.5) is 0 Å². The van der Waals surface area contributed by atoms with Gasteiger partial charge >= 0.3 is 11.9 Å². The first kappa shape index (κ1) is 22.9. The lowest BCUT2D eigenvalue weighted by molar-refractivity contribution is -0.145. The summed E-state index contributed by atoms with van der Waals surface area (Å²) in [4.78, 5) is 37.7. The van der Waals surface area contributed by atoms with E-state index in [-0.39, 0.29) is 17.8 Å². The molecular formula is C23H26ClNO6. The second kappa shape index (κ2) is 8.75. The summed E-state index contributed by atoms with van der Waals surface area (Å²) in [7, 11) is 2.55. The third kappa shape index (κ3) is 4.61. The maximum Gasteiger partial charge on any atom is 0.343 e. The fourth-order valence-corrected chi connectivity index (χ4v) is 4.46. The first-order valence-electron chi connectivity index (χ1n) is 9.87. The number of hydrogen-bond acceptors (Lipinski definition) is 7. The van der Waals surface area contributed by atoms with Gasteiger partial charge in [0.1, 0.15) is 11.7 Å². The standard InChI is InChI=1S/C23H26ClNO6/c1-12-19(22(28)30-5)20(21-15(25-12)9-23(2,3)10-16(21)26)14-8-13(24)6-7-17(14)31-11-18(27)29-4/h6-8,19-20,25H,1,9-11H2,2-5H3. The zero-order chi connectivity index (χ0) is 22.9. The van der Waals surface area contributed by atoms with Crippen LogP contribution in [-0.2, 0) is 23.9 Å². The monoisotopic (exact) mass is 447 g/mol. The maximum absolute atomic E-state index is 13.3. The first-order valence-corrected chi connectivity index (χ1v) is 10.2. The summed E-state index contributed by atoms with van der Waals surface area (Å²) >= 11 is 6.28. The third-order valence-electron chi connectivity index (χ3n) is 5.59. The largest absolute Gasteiger partial charge is 0.482 e. The Morgan fingerprint density at radius 2 is 1.94 bits per heavy atom. The fourth-order valence-electron chi connectivity index (χ4n) is 4.28. The summed E-state index contributed by atoms with van der Waals surface area (Å²) in [5, 5.41) is 3.58. The molecule has 0 aromatic heterocycles. The van der Waals surface area contributed by atoms with Crippen molar-refractivity contribution in [2.75, 3.05) is 20.8 Å². The molecule has 3 rings (SSSR count). The summed E-state index contributed by atoms with van der Waals surface area (Å²) in [6.07, 6.45) is 0.958. The van der Waals surface area contributed by atoms with Gasteiger partial charge in [0.15, 0.2) is 12.4 Å². The minimum atomic E-state index is -0.868. The van der Waals surface area contributed by atoms with Gasteiger partial charge in [-0.05, 0) is 30.0 Å². The molecule has 0 saturated carbocycles. The molecule has 1 aromatic rings. The van der Waals surface area contributed by atoms with Gasteiger partial charge in [0.2, 0.25) is 0 Å². The molecule has 2 unspecified atom stereocenters. The lowest BCUT2D eigenvalue weighted by atomic mass is 9.66. The SMILES string of the molecule is C=C1NC2=C(C(=O)CC(C)(C)C2)C(c2cc(Cl)ccc2OCC(=O)OC)C1C(=O)OC. The van der Waals surface area contributed by atoms with Gasteiger partial charge < -0.3 is 19.5 Å². The summed E-state index contributed by atoms with van der Waals surface area (Å²) in [5.41, 5.74) is 1.93. The van der Waals surface area contributed by atoms with Crippen LogP contribution < -0.4 is 10.1 Å². The maximum atomic E-state index is 13.3. The molecule has 0 saturated heterocycles. The highest BCUT2D eigenvalue weighted by molar-refractivity contribution is 6.30. The van der Waals surface area contributed by atoms with Crippen molar-refractivity contribution in [2.24, 2.45) is 11.3 Å². The zero-order valence-electron chi connectivity index (χ0n) is 18.0. The highest BCUT2D eigenvalue weighted by Crippen LogP contribution is 2.50. The van der Waals surface area contributed by atoms with Crippen LogP contribution in [0.3, 0.4) is 0 Å². The van der Waals surface area contributed by atoms with E-state index >= 15 is 0 Å². The average Bonchev–Trinajstić information content (AvgIpc) is 2.69. The van der Waals surface area contributed by atoms with Crippen molar-refractivity contribution < 1.29 is 28.6 Å². The summed E-state index contributed by atoms with van der Waals surface area (Å²) in [5.74, 6) is -2.42. The fraction of sp³-hybridized carbons (Fsp3) is 0.435. The molecule has 2 atom stereocenters. The van der Waals surface area contributed by atoms with E-state index in [0.29, 0.717) is 40.4 Å². The Labute approximate surface area is 186 Å². The number of allylic oxidation sites excluding steroid dienone is 2. The lowest BCUT2D eigenvalue weighted by Crippen LogP contribution is -2.43. The van der Waals surface area contributed by atoms with Crippen LogP contribution in [0.2, 0.25) is 5.02 Å². The highest BCUT2D eigenvalue weighted by atomic mass is 35.5. The van der Waals surface area contributed by atoms with Crippen LogP contribution in [0.15, 0.2) is 41.7 Å². The molecule has 166 valence electrons. The second-order valence-electron chi connectivity index (χ2n) is 8.51.